The maximum atomic E-state index is 11.4. The monoisotopic (exact) mass is 288 g/mol. The molecule has 1 unspecified atom stereocenters. The van der Waals surface area contributed by atoms with Crippen molar-refractivity contribution < 1.29 is 18.9 Å². The van der Waals surface area contributed by atoms with Gasteiger partial charge in [-0.05, 0) is 0 Å². The highest BCUT2D eigenvalue weighted by molar-refractivity contribution is 7.84. The summed E-state index contributed by atoms with van der Waals surface area (Å²) in [5, 5.41) is 17.4. The molecule has 0 aliphatic rings. The van der Waals surface area contributed by atoms with Crippen molar-refractivity contribution in [2.24, 2.45) is 0 Å². The van der Waals surface area contributed by atoms with Gasteiger partial charge in [-0.15, -0.1) is 0 Å². The Balaban J connectivity index is 2.34. The van der Waals surface area contributed by atoms with Gasteiger partial charge < -0.3 is 15.7 Å². The molecular weight excluding hydrogens is 272 g/mol. The second-order valence-electron chi connectivity index (χ2n) is 3.63. The Morgan fingerprint density at radius 3 is 2.89 bits per heavy atom. The molecule has 0 aliphatic carbocycles. The van der Waals surface area contributed by atoms with Crippen LogP contribution >= 0.6 is 0 Å². The number of aliphatic carboxylic acids is 1. The zero-order chi connectivity index (χ0) is 14.3. The van der Waals surface area contributed by atoms with Gasteiger partial charge in [-0.1, -0.05) is 6.92 Å². The third kappa shape index (κ3) is 6.00. The summed E-state index contributed by atoms with van der Waals surface area (Å²) in [5.41, 5.74) is 0.398. The SMILES string of the molecule is CCS(=O)CCNC(=O)Nc1cnn(CC(=O)O)c1. The zero-order valence-corrected chi connectivity index (χ0v) is 11.3. The van der Waals surface area contributed by atoms with Gasteiger partial charge in [0.2, 0.25) is 0 Å². The van der Waals surface area contributed by atoms with Crippen LogP contribution in [0.2, 0.25) is 0 Å². The Morgan fingerprint density at radius 2 is 2.26 bits per heavy atom. The minimum Gasteiger partial charge on any atom is -0.480 e. The summed E-state index contributed by atoms with van der Waals surface area (Å²) in [6.07, 6.45) is 2.77. The summed E-state index contributed by atoms with van der Waals surface area (Å²) < 4.78 is 12.3. The lowest BCUT2D eigenvalue weighted by Crippen LogP contribution is -2.32. The number of hydrogen-bond acceptors (Lipinski definition) is 4. The second kappa shape index (κ2) is 7.52. The predicted octanol–water partition coefficient (Wildman–Crippen LogP) is -0.142. The van der Waals surface area contributed by atoms with E-state index in [1.54, 1.807) is 0 Å². The molecule has 1 aromatic rings. The van der Waals surface area contributed by atoms with Gasteiger partial charge in [-0.25, -0.2) is 4.79 Å². The van der Waals surface area contributed by atoms with Crippen LogP contribution in [-0.2, 0) is 22.1 Å². The molecule has 1 rings (SSSR count). The van der Waals surface area contributed by atoms with Crippen molar-refractivity contribution in [2.75, 3.05) is 23.4 Å². The number of carboxylic acids is 1. The lowest BCUT2D eigenvalue weighted by Gasteiger charge is -2.04. The number of carboxylic acid groups (broad SMARTS) is 1. The topological polar surface area (TPSA) is 113 Å². The molecule has 8 nitrogen and oxygen atoms in total. The first-order chi connectivity index (χ1) is 9.01. The first kappa shape index (κ1) is 15.2. The van der Waals surface area contributed by atoms with E-state index in [0.717, 1.165) is 0 Å². The highest BCUT2D eigenvalue weighted by atomic mass is 32.2. The van der Waals surface area contributed by atoms with Crippen molar-refractivity contribution in [3.05, 3.63) is 12.4 Å². The molecule has 106 valence electrons. The quantitative estimate of drug-likeness (QED) is 0.646. The van der Waals surface area contributed by atoms with Gasteiger partial charge in [0.1, 0.15) is 6.54 Å². The molecule has 19 heavy (non-hydrogen) atoms. The van der Waals surface area contributed by atoms with Gasteiger partial charge >= 0.3 is 12.0 Å². The maximum absolute atomic E-state index is 11.4. The smallest absolute Gasteiger partial charge is 0.325 e. The summed E-state index contributed by atoms with van der Waals surface area (Å²) >= 11 is 0. The molecule has 1 heterocycles. The number of aromatic nitrogens is 2. The number of anilines is 1. The van der Waals surface area contributed by atoms with E-state index >= 15 is 0 Å². The zero-order valence-electron chi connectivity index (χ0n) is 10.5. The van der Waals surface area contributed by atoms with Crippen molar-refractivity contribution in [2.45, 2.75) is 13.5 Å². The van der Waals surface area contributed by atoms with Gasteiger partial charge in [0.05, 0.1) is 11.9 Å². The Kier molecular flexibility index (Phi) is 6.00. The van der Waals surface area contributed by atoms with E-state index in [2.05, 4.69) is 15.7 Å². The van der Waals surface area contributed by atoms with Crippen LogP contribution in [0, 0.1) is 0 Å². The van der Waals surface area contributed by atoms with Crippen molar-refractivity contribution in [3.63, 3.8) is 0 Å². The van der Waals surface area contributed by atoms with Crippen LogP contribution in [0.15, 0.2) is 12.4 Å². The molecule has 3 N–H and O–H groups in total. The third-order valence-corrected chi connectivity index (χ3v) is 3.43. The average molecular weight is 288 g/mol. The first-order valence-corrected chi connectivity index (χ1v) is 7.14. The van der Waals surface area contributed by atoms with Crippen LogP contribution in [0.25, 0.3) is 0 Å². The number of carbonyl (C=O) groups is 2. The van der Waals surface area contributed by atoms with Gasteiger partial charge in [0, 0.05) is 35.0 Å². The summed E-state index contributed by atoms with van der Waals surface area (Å²) in [5.74, 6) is -0.0471. The number of nitrogens with one attached hydrogen (secondary N) is 2. The minimum absolute atomic E-state index is 0.265. The van der Waals surface area contributed by atoms with Crippen LogP contribution in [0.1, 0.15) is 6.92 Å². The molecule has 9 heteroatoms. The van der Waals surface area contributed by atoms with Crippen molar-refractivity contribution in [3.8, 4) is 0 Å². The standard InChI is InChI=1S/C10H16N4O4S/c1-2-19(18)4-3-11-10(17)13-8-5-12-14(6-8)7-9(15)16/h5-6H,2-4,7H2,1H3,(H,15,16)(H2,11,13,17). The van der Waals surface area contributed by atoms with Crippen molar-refractivity contribution in [1.29, 1.82) is 0 Å². The Hall–Kier alpha value is -1.90. The van der Waals surface area contributed by atoms with Crippen LogP contribution in [0.3, 0.4) is 0 Å². The molecule has 0 bridgehead atoms. The Morgan fingerprint density at radius 1 is 1.53 bits per heavy atom. The van der Waals surface area contributed by atoms with Gasteiger partial charge in [-0.3, -0.25) is 13.7 Å². The number of amides is 2. The fourth-order valence-electron chi connectivity index (χ4n) is 1.25. The fourth-order valence-corrected chi connectivity index (χ4v) is 1.87. The summed E-state index contributed by atoms with van der Waals surface area (Å²) in [6, 6.07) is -0.442. The van der Waals surface area contributed by atoms with E-state index in [1.807, 2.05) is 6.92 Å². The fraction of sp³-hybridized carbons (Fsp3) is 0.500. The van der Waals surface area contributed by atoms with E-state index in [-0.39, 0.29) is 6.54 Å². The van der Waals surface area contributed by atoms with Crippen LogP contribution in [0.4, 0.5) is 10.5 Å². The number of nitrogens with zero attached hydrogens (tertiary/aromatic N) is 2. The van der Waals surface area contributed by atoms with E-state index in [4.69, 9.17) is 5.11 Å². The van der Waals surface area contributed by atoms with Gasteiger partial charge in [0.15, 0.2) is 0 Å². The van der Waals surface area contributed by atoms with Gasteiger partial charge in [-0.2, -0.15) is 5.10 Å². The lowest BCUT2D eigenvalue weighted by atomic mass is 10.5. The summed E-state index contributed by atoms with van der Waals surface area (Å²) in [4.78, 5) is 21.9. The van der Waals surface area contributed by atoms with Crippen molar-refractivity contribution >= 4 is 28.5 Å². The van der Waals surface area contributed by atoms with Crippen LogP contribution < -0.4 is 10.6 Å². The predicted molar refractivity (Wildman–Crippen MR) is 70.4 cm³/mol. The molecule has 0 saturated heterocycles. The molecule has 0 radical (unpaired) electrons. The molecule has 0 aliphatic heterocycles. The van der Waals surface area contributed by atoms with Crippen molar-refractivity contribution in [1.82, 2.24) is 15.1 Å². The maximum Gasteiger partial charge on any atom is 0.325 e. The van der Waals surface area contributed by atoms with E-state index in [9.17, 15) is 13.8 Å². The molecule has 0 fully saturated rings. The molecular formula is C10H16N4O4S. The van der Waals surface area contributed by atoms with E-state index in [1.165, 1.54) is 17.1 Å². The first-order valence-electron chi connectivity index (χ1n) is 5.65. The Labute approximate surface area is 112 Å². The van der Waals surface area contributed by atoms with Crippen LogP contribution in [-0.4, -0.2) is 49.1 Å². The number of urea groups is 1. The second-order valence-corrected chi connectivity index (χ2v) is 5.50. The molecule has 2 amide bonds. The lowest BCUT2D eigenvalue weighted by molar-refractivity contribution is -0.137. The molecule has 0 aromatic carbocycles. The third-order valence-electron chi connectivity index (χ3n) is 2.13. The molecule has 0 saturated carbocycles. The number of hydrogen-bond donors (Lipinski definition) is 3. The highest BCUT2D eigenvalue weighted by Crippen LogP contribution is 2.04. The summed E-state index contributed by atoms with van der Waals surface area (Å²) in [7, 11) is -0.917. The number of rotatable bonds is 7. The highest BCUT2D eigenvalue weighted by Gasteiger charge is 2.06. The molecule has 1 aromatic heterocycles. The van der Waals surface area contributed by atoms with Gasteiger partial charge in [0.25, 0.3) is 0 Å². The Bertz CT molecular complexity index is 474. The normalized spacial score (nSPS) is 11.8. The van der Waals surface area contributed by atoms with E-state index < -0.39 is 22.8 Å². The molecule has 1 atom stereocenters. The minimum atomic E-state index is -1.01. The van der Waals surface area contributed by atoms with E-state index in [0.29, 0.717) is 23.7 Å². The van der Waals surface area contributed by atoms with Crippen LogP contribution in [0.5, 0.6) is 0 Å². The molecule has 0 spiro atoms. The number of carbonyl (C=O) groups excluding carboxylic acids is 1. The average Bonchev–Trinajstić information content (AvgIpc) is 2.75. The largest absolute Gasteiger partial charge is 0.480 e. The summed E-state index contributed by atoms with van der Waals surface area (Å²) in [6.45, 7) is 1.86.